The quantitative estimate of drug-likeness (QED) is 0.885. The van der Waals surface area contributed by atoms with Gasteiger partial charge in [0.2, 0.25) is 0 Å². The molecule has 0 aliphatic rings. The van der Waals surface area contributed by atoms with Gasteiger partial charge in [0.1, 0.15) is 5.76 Å². The molecule has 2 aromatic rings. The fraction of sp³-hybridized carbons (Fsp3) is 0.400. The highest BCUT2D eigenvalue weighted by Crippen LogP contribution is 2.15. The number of hydrogen-bond acceptors (Lipinski definition) is 5. The smallest absolute Gasteiger partial charge is 0.258 e. The van der Waals surface area contributed by atoms with E-state index in [1.54, 1.807) is 25.4 Å². The number of aromatic nitrogens is 2. The van der Waals surface area contributed by atoms with Crippen molar-refractivity contribution in [2.45, 2.75) is 26.7 Å². The Morgan fingerprint density at radius 3 is 2.86 bits per heavy atom. The van der Waals surface area contributed by atoms with E-state index in [0.29, 0.717) is 17.1 Å². The number of pyridine rings is 1. The molecule has 0 atom stereocenters. The maximum atomic E-state index is 12.2. The summed E-state index contributed by atoms with van der Waals surface area (Å²) in [7, 11) is 2.00. The van der Waals surface area contributed by atoms with Gasteiger partial charge in [0, 0.05) is 25.9 Å². The van der Waals surface area contributed by atoms with Crippen LogP contribution in [0, 0.1) is 6.92 Å². The lowest BCUT2D eigenvalue weighted by molar-refractivity contribution is 0.102. The van der Waals surface area contributed by atoms with Gasteiger partial charge in [0.05, 0.1) is 17.4 Å². The van der Waals surface area contributed by atoms with Crippen molar-refractivity contribution in [2.75, 3.05) is 23.8 Å². The van der Waals surface area contributed by atoms with Crippen molar-refractivity contribution in [3.05, 3.63) is 35.9 Å². The second-order valence-electron chi connectivity index (χ2n) is 4.98. The van der Waals surface area contributed by atoms with Crippen molar-refractivity contribution < 1.29 is 9.32 Å². The normalized spacial score (nSPS) is 10.4. The molecule has 0 bridgehead atoms. The molecule has 112 valence electrons. The van der Waals surface area contributed by atoms with Crippen molar-refractivity contribution in [2.24, 2.45) is 0 Å². The van der Waals surface area contributed by atoms with Crippen LogP contribution in [0.1, 0.15) is 35.9 Å². The minimum absolute atomic E-state index is 0.249. The molecule has 21 heavy (non-hydrogen) atoms. The van der Waals surface area contributed by atoms with Gasteiger partial charge in [-0.25, -0.2) is 0 Å². The largest absolute Gasteiger partial charge is 0.373 e. The predicted octanol–water partition coefficient (Wildman–Crippen LogP) is 2.87. The van der Waals surface area contributed by atoms with Crippen LogP contribution in [-0.4, -0.2) is 29.6 Å². The first kappa shape index (κ1) is 15.0. The van der Waals surface area contributed by atoms with Crippen LogP contribution in [0.15, 0.2) is 29.0 Å². The molecule has 6 heteroatoms. The van der Waals surface area contributed by atoms with Crippen LogP contribution in [-0.2, 0) is 0 Å². The maximum absolute atomic E-state index is 12.2. The van der Waals surface area contributed by atoms with Gasteiger partial charge >= 0.3 is 0 Å². The Kier molecular flexibility index (Phi) is 4.92. The van der Waals surface area contributed by atoms with Gasteiger partial charge < -0.3 is 14.7 Å². The molecule has 2 rings (SSSR count). The fourth-order valence-electron chi connectivity index (χ4n) is 1.90. The van der Waals surface area contributed by atoms with E-state index in [4.69, 9.17) is 4.52 Å². The summed E-state index contributed by atoms with van der Waals surface area (Å²) in [4.78, 5) is 18.4. The molecular formula is C15H20N4O2. The molecule has 1 N–H and O–H groups in total. The molecule has 0 aromatic carbocycles. The lowest BCUT2D eigenvalue weighted by atomic mass is 10.2. The van der Waals surface area contributed by atoms with Gasteiger partial charge in [-0.05, 0) is 19.4 Å². The van der Waals surface area contributed by atoms with Crippen LogP contribution in [0.4, 0.5) is 11.5 Å². The third kappa shape index (κ3) is 4.05. The molecule has 0 radical (unpaired) electrons. The molecular weight excluding hydrogens is 268 g/mol. The van der Waals surface area contributed by atoms with E-state index in [1.165, 1.54) is 0 Å². The Hall–Kier alpha value is -2.37. The van der Waals surface area contributed by atoms with Gasteiger partial charge in [-0.3, -0.25) is 9.78 Å². The summed E-state index contributed by atoms with van der Waals surface area (Å²) in [5, 5.41) is 6.43. The molecule has 0 saturated heterocycles. The molecule has 2 heterocycles. The Bertz CT molecular complexity index is 609. The first-order valence-corrected chi connectivity index (χ1v) is 7.01. The van der Waals surface area contributed by atoms with Gasteiger partial charge in [-0.1, -0.05) is 18.5 Å². The van der Waals surface area contributed by atoms with Gasteiger partial charge in [0.15, 0.2) is 5.82 Å². The highest BCUT2D eigenvalue weighted by atomic mass is 16.5. The Morgan fingerprint density at radius 2 is 2.19 bits per heavy atom. The number of aryl methyl sites for hydroxylation is 1. The minimum atomic E-state index is -0.249. The third-order valence-electron chi connectivity index (χ3n) is 3.14. The second-order valence-corrected chi connectivity index (χ2v) is 4.98. The van der Waals surface area contributed by atoms with E-state index < -0.39 is 0 Å². The van der Waals surface area contributed by atoms with Crippen LogP contribution < -0.4 is 10.2 Å². The van der Waals surface area contributed by atoms with Crippen molar-refractivity contribution in [1.29, 1.82) is 0 Å². The first-order chi connectivity index (χ1) is 10.1. The predicted molar refractivity (Wildman–Crippen MR) is 81.6 cm³/mol. The number of nitrogens with zero attached hydrogens (tertiary/aromatic N) is 3. The zero-order valence-electron chi connectivity index (χ0n) is 12.6. The second kappa shape index (κ2) is 6.88. The summed E-state index contributed by atoms with van der Waals surface area (Å²) in [6.07, 6.45) is 5.53. The van der Waals surface area contributed by atoms with Crippen LogP contribution in [0.3, 0.4) is 0 Å². The standard InChI is InChI=1S/C15H20N4O2/c1-4-5-6-19(3)13-8-12(9-16-10-13)15(20)17-14-7-11(2)21-18-14/h7-10H,4-6H2,1-3H3,(H,17,18,20). The number of carbonyl (C=O) groups excluding carboxylic acids is 1. The number of carbonyl (C=O) groups is 1. The Balaban J connectivity index is 2.07. The summed E-state index contributed by atoms with van der Waals surface area (Å²) >= 11 is 0. The molecule has 0 spiro atoms. The van der Waals surface area contributed by atoms with E-state index >= 15 is 0 Å². The molecule has 0 saturated carbocycles. The molecule has 6 nitrogen and oxygen atoms in total. The summed E-state index contributed by atoms with van der Waals surface area (Å²) in [6, 6.07) is 3.49. The number of anilines is 2. The lowest BCUT2D eigenvalue weighted by Gasteiger charge is -2.18. The monoisotopic (exact) mass is 288 g/mol. The van der Waals surface area contributed by atoms with Crippen LogP contribution >= 0.6 is 0 Å². The van der Waals surface area contributed by atoms with E-state index in [-0.39, 0.29) is 5.91 Å². The van der Waals surface area contributed by atoms with Crippen molar-refractivity contribution in [3.63, 3.8) is 0 Å². The van der Waals surface area contributed by atoms with E-state index in [0.717, 1.165) is 25.1 Å². The molecule has 0 aliphatic carbocycles. The number of nitrogens with one attached hydrogen (secondary N) is 1. The molecule has 0 aliphatic heterocycles. The summed E-state index contributed by atoms with van der Waals surface area (Å²) in [5.74, 6) is 0.806. The van der Waals surface area contributed by atoms with Crippen LogP contribution in [0.25, 0.3) is 0 Å². The molecule has 2 aromatic heterocycles. The van der Waals surface area contributed by atoms with E-state index in [2.05, 4.69) is 27.3 Å². The van der Waals surface area contributed by atoms with Crippen molar-refractivity contribution in [1.82, 2.24) is 10.1 Å². The summed E-state index contributed by atoms with van der Waals surface area (Å²) in [5.41, 5.74) is 1.42. The number of hydrogen-bond donors (Lipinski definition) is 1. The van der Waals surface area contributed by atoms with Gasteiger partial charge in [-0.2, -0.15) is 0 Å². The Labute approximate surface area is 124 Å². The number of unbranched alkanes of at least 4 members (excludes halogenated alkanes) is 1. The molecule has 1 amide bonds. The van der Waals surface area contributed by atoms with Crippen molar-refractivity contribution in [3.8, 4) is 0 Å². The number of rotatable bonds is 6. The van der Waals surface area contributed by atoms with Crippen LogP contribution in [0.5, 0.6) is 0 Å². The summed E-state index contributed by atoms with van der Waals surface area (Å²) < 4.78 is 4.92. The lowest BCUT2D eigenvalue weighted by Crippen LogP contribution is -2.20. The maximum Gasteiger partial charge on any atom is 0.258 e. The topological polar surface area (TPSA) is 71.3 Å². The summed E-state index contributed by atoms with van der Waals surface area (Å²) in [6.45, 7) is 4.86. The first-order valence-electron chi connectivity index (χ1n) is 7.01. The minimum Gasteiger partial charge on any atom is -0.373 e. The molecule has 0 fully saturated rings. The van der Waals surface area contributed by atoms with Crippen LogP contribution in [0.2, 0.25) is 0 Å². The van der Waals surface area contributed by atoms with Gasteiger partial charge in [0.25, 0.3) is 5.91 Å². The SMILES string of the molecule is CCCCN(C)c1cncc(C(=O)Nc2cc(C)on2)c1. The van der Waals surface area contributed by atoms with Gasteiger partial charge in [-0.15, -0.1) is 0 Å². The zero-order valence-corrected chi connectivity index (χ0v) is 12.6. The fourth-order valence-corrected chi connectivity index (χ4v) is 1.90. The zero-order chi connectivity index (χ0) is 15.2. The Morgan fingerprint density at radius 1 is 1.38 bits per heavy atom. The molecule has 0 unspecified atom stereocenters. The van der Waals surface area contributed by atoms with E-state index in [9.17, 15) is 4.79 Å². The average molecular weight is 288 g/mol. The van der Waals surface area contributed by atoms with Crippen molar-refractivity contribution >= 4 is 17.4 Å². The number of amides is 1. The third-order valence-corrected chi connectivity index (χ3v) is 3.14. The van der Waals surface area contributed by atoms with E-state index in [1.807, 2.05) is 13.1 Å². The average Bonchev–Trinajstić information content (AvgIpc) is 2.90. The highest BCUT2D eigenvalue weighted by molar-refractivity contribution is 6.04. The highest BCUT2D eigenvalue weighted by Gasteiger charge is 2.11.